The van der Waals surface area contributed by atoms with E-state index < -0.39 is 20.0 Å². The third kappa shape index (κ3) is 60.1. The van der Waals surface area contributed by atoms with Gasteiger partial charge in [0.2, 0.25) is 5.91 Å². The van der Waals surface area contributed by atoms with Gasteiger partial charge >= 0.3 is 13.8 Å². The average molecular weight is 1140 g/mol. The van der Waals surface area contributed by atoms with Gasteiger partial charge in [-0.3, -0.25) is 18.6 Å². The molecule has 0 aliphatic rings. The fourth-order valence-corrected chi connectivity index (χ4v) is 10.4. The second-order valence-corrected chi connectivity index (χ2v) is 25.4. The van der Waals surface area contributed by atoms with E-state index in [4.69, 9.17) is 13.8 Å². The number of rotatable bonds is 61. The highest BCUT2D eigenvalue weighted by atomic mass is 31.2. The van der Waals surface area contributed by atoms with Gasteiger partial charge < -0.3 is 19.4 Å². The van der Waals surface area contributed by atoms with Crippen LogP contribution in [-0.4, -0.2) is 74.3 Å². The number of allylic oxidation sites excluding steroid dienone is 11. The molecule has 0 aliphatic heterocycles. The van der Waals surface area contributed by atoms with Crippen molar-refractivity contribution in [1.29, 1.82) is 0 Å². The molecule has 80 heavy (non-hydrogen) atoms. The Labute approximate surface area is 495 Å². The number of nitrogens with one attached hydrogen (secondary N) is 1. The average Bonchev–Trinajstić information content (AvgIpc) is 3.42. The number of esters is 1. The fraction of sp³-hybridized carbons (Fsp3) is 0.800. The Morgan fingerprint density at radius 1 is 0.450 bits per heavy atom. The quantitative estimate of drug-likeness (QED) is 0.0205. The first kappa shape index (κ1) is 77.5. The van der Waals surface area contributed by atoms with Crippen LogP contribution in [0.3, 0.4) is 0 Å². The lowest BCUT2D eigenvalue weighted by atomic mass is 10.0. The van der Waals surface area contributed by atoms with E-state index in [0.29, 0.717) is 17.4 Å². The van der Waals surface area contributed by atoms with Crippen LogP contribution in [0.4, 0.5) is 0 Å². The molecule has 0 heterocycles. The van der Waals surface area contributed by atoms with Crippen molar-refractivity contribution in [2.75, 3.05) is 40.9 Å². The van der Waals surface area contributed by atoms with Crippen molar-refractivity contribution in [2.24, 2.45) is 0 Å². The van der Waals surface area contributed by atoms with E-state index in [1.807, 2.05) is 33.3 Å². The molecule has 1 amide bonds. The number of hydrogen-bond donors (Lipinski definition) is 2. The number of likely N-dealkylation sites (N-methyl/N-ethyl adjacent to an activating group) is 1. The monoisotopic (exact) mass is 1140 g/mol. The largest absolute Gasteiger partial charge is 0.472 e. The maximum absolute atomic E-state index is 13.6. The molecule has 466 valence electrons. The van der Waals surface area contributed by atoms with Crippen LogP contribution >= 0.6 is 7.82 Å². The summed E-state index contributed by atoms with van der Waals surface area (Å²) >= 11 is 0. The van der Waals surface area contributed by atoms with Gasteiger partial charge in [-0.1, -0.05) is 274 Å². The molecule has 0 fully saturated rings. The number of carbonyl (C=O) groups is 2. The Bertz CT molecular complexity index is 1600. The molecule has 0 bridgehead atoms. The van der Waals surface area contributed by atoms with Crippen molar-refractivity contribution in [3.05, 3.63) is 72.9 Å². The van der Waals surface area contributed by atoms with Gasteiger partial charge in [0.15, 0.2) is 0 Å². The standard InChI is InChI=1S/C70H129N2O7P/c1-7-10-13-16-19-22-25-28-30-31-32-33-34-35-36-37-38-39-40-41-42-44-47-50-53-56-59-62-69(73)71-67(66-78-80(75,76)77-65-64-72(4,5)6)68(61-58-55-52-49-46-43-27-24-21-18-15-12-9-3)79-70(74)63-60-57-54-51-48-45-29-26-23-20-17-14-11-8-2/h11,14,19-20,22-23,28,30,32-33,58,61,67-68H,7-10,12-13,15-18,21,24-27,29,31,34-57,59-60,62-66H2,1-6H3,(H-,71,73,75,76)/p+1/b14-11+,22-19-,23-20+,30-28-,33-32-,61-58-. The van der Waals surface area contributed by atoms with Crippen LogP contribution in [0, 0.1) is 0 Å². The van der Waals surface area contributed by atoms with Crippen molar-refractivity contribution in [2.45, 2.75) is 322 Å². The molecule has 2 N–H and O–H groups in total. The molecular weight excluding hydrogens is 1010 g/mol. The minimum Gasteiger partial charge on any atom is -0.456 e. The van der Waals surface area contributed by atoms with Crippen LogP contribution < -0.4 is 5.32 Å². The summed E-state index contributed by atoms with van der Waals surface area (Å²) in [6.07, 6.45) is 77.7. The Balaban J connectivity index is 5.05. The summed E-state index contributed by atoms with van der Waals surface area (Å²) in [7, 11) is 1.49. The molecular formula is C70H130N2O7P+. The van der Waals surface area contributed by atoms with Crippen molar-refractivity contribution in [3.63, 3.8) is 0 Å². The highest BCUT2D eigenvalue weighted by molar-refractivity contribution is 7.47. The van der Waals surface area contributed by atoms with Gasteiger partial charge in [0, 0.05) is 12.8 Å². The zero-order valence-electron chi connectivity index (χ0n) is 53.3. The molecule has 0 rings (SSSR count). The molecule has 0 aliphatic carbocycles. The molecule has 3 unspecified atom stereocenters. The van der Waals surface area contributed by atoms with Gasteiger partial charge in [-0.2, -0.15) is 0 Å². The smallest absolute Gasteiger partial charge is 0.456 e. The number of amides is 1. The van der Waals surface area contributed by atoms with Crippen LogP contribution in [0.1, 0.15) is 310 Å². The SMILES string of the molecule is CC/C=C/C/C=C/CCCCCCCCCC(=O)OC(/C=C\CCCCCCCCCCCCC)C(COP(=O)(O)OCC[N+](C)(C)C)NC(=O)CCCCCCCCCCCCCCCC/C=C\C/C=C\C/C=C\CCCCC. The fourth-order valence-electron chi connectivity index (χ4n) is 9.69. The lowest BCUT2D eigenvalue weighted by Crippen LogP contribution is -2.47. The third-order valence-corrected chi connectivity index (χ3v) is 15.9. The molecule has 10 heteroatoms. The summed E-state index contributed by atoms with van der Waals surface area (Å²) in [6, 6.07) is -0.854. The van der Waals surface area contributed by atoms with Gasteiger partial charge in [-0.15, -0.1) is 0 Å². The van der Waals surface area contributed by atoms with Gasteiger partial charge in [-0.25, -0.2) is 4.57 Å². The number of phosphoric acid groups is 1. The molecule has 3 atom stereocenters. The van der Waals surface area contributed by atoms with Crippen LogP contribution in [0.2, 0.25) is 0 Å². The molecule has 0 saturated heterocycles. The van der Waals surface area contributed by atoms with E-state index in [0.717, 1.165) is 96.3 Å². The topological polar surface area (TPSA) is 111 Å². The van der Waals surface area contributed by atoms with Gasteiger partial charge in [0.25, 0.3) is 0 Å². The first-order valence-electron chi connectivity index (χ1n) is 33.8. The molecule has 0 spiro atoms. The van der Waals surface area contributed by atoms with Crippen LogP contribution in [-0.2, 0) is 27.9 Å². The van der Waals surface area contributed by atoms with Gasteiger partial charge in [0.1, 0.15) is 19.3 Å². The second kappa shape index (κ2) is 59.6. The Kier molecular flexibility index (Phi) is 57.7. The number of hydrogen-bond acceptors (Lipinski definition) is 6. The highest BCUT2D eigenvalue weighted by Crippen LogP contribution is 2.43. The summed E-state index contributed by atoms with van der Waals surface area (Å²) in [6.45, 7) is 6.90. The van der Waals surface area contributed by atoms with E-state index in [-0.39, 0.29) is 31.5 Å². The minimum absolute atomic E-state index is 0.0376. The zero-order chi connectivity index (χ0) is 58.6. The van der Waals surface area contributed by atoms with Crippen LogP contribution in [0.15, 0.2) is 72.9 Å². The maximum Gasteiger partial charge on any atom is 0.472 e. The van der Waals surface area contributed by atoms with Gasteiger partial charge in [0.05, 0.1) is 33.8 Å². The Morgan fingerprint density at radius 2 is 0.800 bits per heavy atom. The van der Waals surface area contributed by atoms with Crippen molar-refractivity contribution in [3.8, 4) is 0 Å². The summed E-state index contributed by atoms with van der Waals surface area (Å²) in [5, 5.41) is 3.07. The molecule has 0 aromatic carbocycles. The lowest BCUT2D eigenvalue weighted by Gasteiger charge is -2.27. The molecule has 0 aromatic rings. The predicted octanol–water partition coefficient (Wildman–Crippen LogP) is 21.2. The second-order valence-electron chi connectivity index (χ2n) is 24.0. The number of ether oxygens (including phenoxy) is 1. The number of quaternary nitrogens is 1. The first-order chi connectivity index (χ1) is 38.9. The van der Waals surface area contributed by atoms with Crippen molar-refractivity contribution >= 4 is 19.7 Å². The Morgan fingerprint density at radius 3 is 1.23 bits per heavy atom. The van der Waals surface area contributed by atoms with E-state index in [2.05, 4.69) is 86.8 Å². The minimum atomic E-state index is -4.45. The third-order valence-electron chi connectivity index (χ3n) is 14.9. The van der Waals surface area contributed by atoms with Crippen LogP contribution in [0.25, 0.3) is 0 Å². The summed E-state index contributed by atoms with van der Waals surface area (Å²) in [5.41, 5.74) is 0. The van der Waals surface area contributed by atoms with E-state index >= 15 is 0 Å². The molecule has 0 aromatic heterocycles. The zero-order valence-corrected chi connectivity index (χ0v) is 54.2. The van der Waals surface area contributed by atoms with Crippen molar-refractivity contribution in [1.82, 2.24) is 5.32 Å². The summed E-state index contributed by atoms with van der Waals surface area (Å²) in [5.74, 6) is -0.508. The first-order valence-corrected chi connectivity index (χ1v) is 35.3. The Hall–Kier alpha value is -2.55. The number of nitrogens with zero attached hydrogens (tertiary/aromatic N) is 1. The molecule has 9 nitrogen and oxygen atoms in total. The number of phosphoric ester groups is 1. The molecule has 0 saturated carbocycles. The number of unbranched alkanes of at least 4 members (excludes halogenated alkanes) is 35. The summed E-state index contributed by atoms with van der Waals surface area (Å²) < 4.78 is 30.8. The normalized spacial score (nSPS) is 14.0. The van der Waals surface area contributed by atoms with E-state index in [1.165, 1.54) is 180 Å². The number of carbonyl (C=O) groups excluding carboxylic acids is 2. The summed E-state index contributed by atoms with van der Waals surface area (Å²) in [4.78, 5) is 37.8. The van der Waals surface area contributed by atoms with Gasteiger partial charge in [-0.05, 0) is 96.0 Å². The lowest BCUT2D eigenvalue weighted by molar-refractivity contribution is -0.870. The highest BCUT2D eigenvalue weighted by Gasteiger charge is 2.30. The van der Waals surface area contributed by atoms with E-state index in [9.17, 15) is 19.0 Å². The van der Waals surface area contributed by atoms with Crippen LogP contribution in [0.5, 0.6) is 0 Å². The predicted molar refractivity (Wildman–Crippen MR) is 346 cm³/mol. The maximum atomic E-state index is 13.6. The van der Waals surface area contributed by atoms with E-state index in [1.54, 1.807) is 0 Å². The molecule has 0 radical (unpaired) electrons. The van der Waals surface area contributed by atoms with Crippen molar-refractivity contribution < 1.29 is 37.3 Å².